The van der Waals surface area contributed by atoms with Gasteiger partial charge in [-0.1, -0.05) is 0 Å². The third-order valence-corrected chi connectivity index (χ3v) is 5.56. The van der Waals surface area contributed by atoms with Crippen molar-refractivity contribution >= 4 is 12.0 Å². The van der Waals surface area contributed by atoms with Gasteiger partial charge in [0.2, 0.25) is 0 Å². The zero-order valence-corrected chi connectivity index (χ0v) is 13.0. The van der Waals surface area contributed by atoms with Gasteiger partial charge in [-0.05, 0) is 64.2 Å². The number of aliphatic carboxylic acids is 1. The van der Waals surface area contributed by atoms with Crippen LogP contribution in [0, 0.1) is 11.8 Å². The first-order valence-corrected chi connectivity index (χ1v) is 8.19. The lowest BCUT2D eigenvalue weighted by molar-refractivity contribution is -0.138. The van der Waals surface area contributed by atoms with Crippen molar-refractivity contribution in [3.63, 3.8) is 0 Å². The number of amides is 2. The normalized spacial score (nSPS) is 32.1. The van der Waals surface area contributed by atoms with Gasteiger partial charge in [0.25, 0.3) is 0 Å². The summed E-state index contributed by atoms with van der Waals surface area (Å²) in [5.74, 6) is 0.135. The second-order valence-electron chi connectivity index (χ2n) is 7.65. The largest absolute Gasteiger partial charge is 0.481 e. The molecule has 0 radical (unpaired) electrons. The van der Waals surface area contributed by atoms with Gasteiger partial charge in [0.15, 0.2) is 0 Å². The van der Waals surface area contributed by atoms with Crippen LogP contribution in [0.3, 0.4) is 0 Å². The van der Waals surface area contributed by atoms with Crippen LogP contribution in [0.1, 0.15) is 58.8 Å². The minimum Gasteiger partial charge on any atom is -0.481 e. The quantitative estimate of drug-likeness (QED) is 0.837. The van der Waals surface area contributed by atoms with Crippen LogP contribution < -0.4 is 5.32 Å². The molecule has 2 heterocycles. The van der Waals surface area contributed by atoms with Gasteiger partial charge in [-0.15, -0.1) is 0 Å². The monoisotopic (exact) mass is 294 g/mol. The van der Waals surface area contributed by atoms with E-state index in [0.29, 0.717) is 5.92 Å². The number of carboxylic acids is 1. The fourth-order valence-electron chi connectivity index (χ4n) is 4.28. The molecule has 3 aliphatic rings. The van der Waals surface area contributed by atoms with E-state index in [9.17, 15) is 9.59 Å². The Morgan fingerprint density at radius 1 is 1.14 bits per heavy atom. The average Bonchev–Trinajstić information content (AvgIpc) is 3.15. The molecule has 2 bridgehead atoms. The molecule has 2 aliphatic heterocycles. The Hall–Kier alpha value is -1.26. The van der Waals surface area contributed by atoms with Crippen LogP contribution in [0.4, 0.5) is 4.79 Å². The summed E-state index contributed by atoms with van der Waals surface area (Å²) < 4.78 is 0. The van der Waals surface area contributed by atoms with Gasteiger partial charge in [0.05, 0.1) is 0 Å². The molecule has 0 aromatic heterocycles. The van der Waals surface area contributed by atoms with Crippen molar-refractivity contribution < 1.29 is 14.7 Å². The minimum atomic E-state index is -0.716. The summed E-state index contributed by atoms with van der Waals surface area (Å²) in [5, 5.41) is 12.2. The smallest absolute Gasteiger partial charge is 0.318 e. The average molecular weight is 294 g/mol. The Balaban J connectivity index is 1.62. The molecule has 21 heavy (non-hydrogen) atoms. The number of piperidine rings is 1. The molecule has 0 spiro atoms. The van der Waals surface area contributed by atoms with Crippen LogP contribution in [0.2, 0.25) is 0 Å². The van der Waals surface area contributed by atoms with E-state index < -0.39 is 5.97 Å². The van der Waals surface area contributed by atoms with Crippen molar-refractivity contribution in [2.75, 3.05) is 0 Å². The molecule has 2 saturated heterocycles. The van der Waals surface area contributed by atoms with E-state index in [1.165, 1.54) is 12.8 Å². The highest BCUT2D eigenvalue weighted by molar-refractivity contribution is 5.76. The van der Waals surface area contributed by atoms with Crippen molar-refractivity contribution in [1.29, 1.82) is 0 Å². The van der Waals surface area contributed by atoms with Crippen LogP contribution in [0.15, 0.2) is 0 Å². The van der Waals surface area contributed by atoms with Crippen LogP contribution in [-0.4, -0.2) is 39.6 Å². The predicted octanol–water partition coefficient (Wildman–Crippen LogP) is 2.60. The summed E-state index contributed by atoms with van der Waals surface area (Å²) in [6.45, 7) is 4.23. The van der Waals surface area contributed by atoms with Gasteiger partial charge in [0.1, 0.15) is 0 Å². The Morgan fingerprint density at radius 3 is 2.19 bits per heavy atom. The maximum Gasteiger partial charge on any atom is 0.318 e. The summed E-state index contributed by atoms with van der Waals surface area (Å²) in [7, 11) is 0. The van der Waals surface area contributed by atoms with Crippen molar-refractivity contribution in [1.82, 2.24) is 10.2 Å². The summed E-state index contributed by atoms with van der Waals surface area (Å²) in [6.07, 6.45) is 6.41. The van der Waals surface area contributed by atoms with Crippen molar-refractivity contribution in [3.05, 3.63) is 0 Å². The first kappa shape index (κ1) is 14.7. The minimum absolute atomic E-state index is 0.0631. The molecule has 1 aliphatic carbocycles. The van der Waals surface area contributed by atoms with Crippen LogP contribution in [0.25, 0.3) is 0 Å². The zero-order chi connectivity index (χ0) is 15.2. The third kappa shape index (κ3) is 3.01. The van der Waals surface area contributed by atoms with Gasteiger partial charge >= 0.3 is 12.0 Å². The maximum atomic E-state index is 12.6. The Labute approximate surface area is 126 Å². The Kier molecular flexibility index (Phi) is 3.62. The number of urea groups is 1. The molecule has 2 amide bonds. The standard InChI is InChI=1S/C16H26N2O3/c1-16(2,11-3-4-11)17-15(21)18-12-5-6-13(18)8-10(7-12)9-14(19)20/h10-13H,3-9H2,1-2H3,(H,17,21)(H,19,20). The lowest BCUT2D eigenvalue weighted by atomic mass is 9.88. The van der Waals surface area contributed by atoms with E-state index in [1.54, 1.807) is 0 Å². The number of hydrogen-bond acceptors (Lipinski definition) is 2. The number of fused-ring (bicyclic) bond motifs is 2. The lowest BCUT2D eigenvalue weighted by Crippen LogP contribution is -2.56. The summed E-state index contributed by atoms with van der Waals surface area (Å²) >= 11 is 0. The second kappa shape index (κ2) is 5.18. The highest BCUT2D eigenvalue weighted by Gasteiger charge is 2.46. The predicted molar refractivity (Wildman–Crippen MR) is 79.0 cm³/mol. The van der Waals surface area contributed by atoms with Crippen LogP contribution in [-0.2, 0) is 4.79 Å². The molecular weight excluding hydrogens is 268 g/mol. The topological polar surface area (TPSA) is 69.6 Å². The first-order valence-electron chi connectivity index (χ1n) is 8.19. The lowest BCUT2D eigenvalue weighted by Gasteiger charge is -2.40. The van der Waals surface area contributed by atoms with Crippen molar-refractivity contribution in [2.45, 2.75) is 76.4 Å². The Morgan fingerprint density at radius 2 is 1.71 bits per heavy atom. The fraction of sp³-hybridized carbons (Fsp3) is 0.875. The highest BCUT2D eigenvalue weighted by atomic mass is 16.4. The van der Waals surface area contributed by atoms with E-state index in [4.69, 9.17) is 5.11 Å². The van der Waals surface area contributed by atoms with Crippen molar-refractivity contribution in [2.24, 2.45) is 11.8 Å². The molecule has 2 N–H and O–H groups in total. The molecular formula is C16H26N2O3. The molecule has 3 rings (SSSR count). The van der Waals surface area contributed by atoms with Gasteiger partial charge < -0.3 is 15.3 Å². The van der Waals surface area contributed by atoms with Gasteiger partial charge in [-0.3, -0.25) is 4.79 Å². The fourth-order valence-corrected chi connectivity index (χ4v) is 4.28. The Bertz CT molecular complexity index is 431. The SMILES string of the molecule is CC(C)(NC(=O)N1C2CCC1CC(CC(=O)O)C2)C1CC1. The highest BCUT2D eigenvalue weighted by Crippen LogP contribution is 2.42. The number of nitrogens with one attached hydrogen (secondary N) is 1. The van der Waals surface area contributed by atoms with E-state index in [1.807, 2.05) is 4.90 Å². The summed E-state index contributed by atoms with van der Waals surface area (Å²) in [4.78, 5) is 25.5. The molecule has 5 heteroatoms. The summed E-state index contributed by atoms with van der Waals surface area (Å²) in [6, 6.07) is 0.541. The van der Waals surface area contributed by atoms with Gasteiger partial charge in [-0.2, -0.15) is 0 Å². The van der Waals surface area contributed by atoms with E-state index in [-0.39, 0.29) is 36.0 Å². The van der Waals surface area contributed by atoms with Gasteiger partial charge in [0, 0.05) is 24.0 Å². The molecule has 2 atom stereocenters. The molecule has 2 unspecified atom stereocenters. The third-order valence-electron chi connectivity index (χ3n) is 5.56. The molecule has 5 nitrogen and oxygen atoms in total. The molecule has 118 valence electrons. The number of hydrogen-bond donors (Lipinski definition) is 2. The van der Waals surface area contributed by atoms with Crippen molar-refractivity contribution in [3.8, 4) is 0 Å². The van der Waals surface area contributed by atoms with E-state index in [2.05, 4.69) is 19.2 Å². The molecule has 1 saturated carbocycles. The number of carbonyl (C=O) groups is 2. The maximum absolute atomic E-state index is 12.6. The number of nitrogens with zero attached hydrogens (tertiary/aromatic N) is 1. The molecule has 3 fully saturated rings. The molecule has 0 aromatic rings. The van der Waals surface area contributed by atoms with Crippen LogP contribution in [0.5, 0.6) is 0 Å². The number of carbonyl (C=O) groups excluding carboxylic acids is 1. The van der Waals surface area contributed by atoms with Crippen LogP contribution >= 0.6 is 0 Å². The van der Waals surface area contributed by atoms with E-state index in [0.717, 1.165) is 25.7 Å². The molecule has 0 aromatic carbocycles. The zero-order valence-electron chi connectivity index (χ0n) is 13.0. The summed E-state index contributed by atoms with van der Waals surface area (Å²) in [5.41, 5.74) is -0.117. The van der Waals surface area contributed by atoms with Gasteiger partial charge in [-0.25, -0.2) is 4.79 Å². The first-order chi connectivity index (χ1) is 9.87. The number of rotatable bonds is 4. The van der Waals surface area contributed by atoms with E-state index >= 15 is 0 Å². The second-order valence-corrected chi connectivity index (χ2v) is 7.65. The number of carboxylic acid groups (broad SMARTS) is 1.